The van der Waals surface area contributed by atoms with E-state index in [1.54, 1.807) is 0 Å². The summed E-state index contributed by atoms with van der Waals surface area (Å²) in [4.78, 5) is 11.9. The molecule has 1 amide bonds. The van der Waals surface area contributed by atoms with Crippen molar-refractivity contribution in [3.63, 3.8) is 0 Å². The van der Waals surface area contributed by atoms with Crippen LogP contribution < -0.4 is 11.1 Å². The molecule has 1 saturated heterocycles. The zero-order valence-electron chi connectivity index (χ0n) is 10.2. The molecule has 6 nitrogen and oxygen atoms in total. The maximum absolute atomic E-state index is 11.9. The molecule has 1 rings (SSSR count). The van der Waals surface area contributed by atoms with Crippen molar-refractivity contribution in [3.05, 3.63) is 0 Å². The van der Waals surface area contributed by atoms with Gasteiger partial charge in [-0.05, 0) is 25.7 Å². The quantitative estimate of drug-likeness (QED) is 0.285. The number of oxime groups is 1. The van der Waals surface area contributed by atoms with Crippen LogP contribution in [0, 0.1) is 0 Å². The molecule has 1 heterocycles. The van der Waals surface area contributed by atoms with Gasteiger partial charge in [-0.2, -0.15) is 0 Å². The largest absolute Gasteiger partial charge is 0.409 e. The Morgan fingerprint density at radius 3 is 2.94 bits per heavy atom. The highest BCUT2D eigenvalue weighted by Crippen LogP contribution is 2.13. The van der Waals surface area contributed by atoms with E-state index in [4.69, 9.17) is 15.7 Å². The molecule has 2 unspecified atom stereocenters. The van der Waals surface area contributed by atoms with Crippen LogP contribution in [0.5, 0.6) is 0 Å². The lowest BCUT2D eigenvalue weighted by molar-refractivity contribution is -0.136. The molecule has 0 aromatic carbocycles. The molecule has 1 fully saturated rings. The molecule has 6 heteroatoms. The monoisotopic (exact) mass is 243 g/mol. The van der Waals surface area contributed by atoms with Gasteiger partial charge in [0.2, 0.25) is 5.91 Å². The molecule has 17 heavy (non-hydrogen) atoms. The van der Waals surface area contributed by atoms with Crippen LogP contribution in [0.2, 0.25) is 0 Å². The highest BCUT2D eigenvalue weighted by Gasteiger charge is 2.23. The normalized spacial score (nSPS) is 23.1. The van der Waals surface area contributed by atoms with Crippen LogP contribution in [0.1, 0.15) is 39.0 Å². The average Bonchev–Trinajstić information content (AvgIpc) is 2.38. The van der Waals surface area contributed by atoms with Crippen LogP contribution in [-0.4, -0.2) is 35.7 Å². The van der Waals surface area contributed by atoms with E-state index >= 15 is 0 Å². The summed E-state index contributed by atoms with van der Waals surface area (Å²) in [6, 6.07) is -0.107. The van der Waals surface area contributed by atoms with Gasteiger partial charge in [0.15, 0.2) is 0 Å². The Morgan fingerprint density at radius 2 is 2.41 bits per heavy atom. The first-order valence-electron chi connectivity index (χ1n) is 6.05. The smallest absolute Gasteiger partial charge is 0.249 e. The summed E-state index contributed by atoms with van der Waals surface area (Å²) >= 11 is 0. The van der Waals surface area contributed by atoms with Gasteiger partial charge in [-0.15, -0.1) is 0 Å². The lowest BCUT2D eigenvalue weighted by atomic mass is 10.1. The number of nitrogens with one attached hydrogen (secondary N) is 1. The number of hydrogen-bond acceptors (Lipinski definition) is 4. The first-order chi connectivity index (χ1) is 8.17. The number of ether oxygens (including phenoxy) is 1. The first kappa shape index (κ1) is 13.8. The molecule has 1 aliphatic rings. The van der Waals surface area contributed by atoms with Crippen LogP contribution in [0.25, 0.3) is 0 Å². The number of amides is 1. The third-order valence-electron chi connectivity index (χ3n) is 2.90. The van der Waals surface area contributed by atoms with Crippen molar-refractivity contribution in [2.75, 3.05) is 6.61 Å². The minimum atomic E-state index is -0.343. The van der Waals surface area contributed by atoms with Crippen molar-refractivity contribution < 1.29 is 14.7 Å². The second kappa shape index (κ2) is 7.11. The summed E-state index contributed by atoms with van der Waals surface area (Å²) in [5, 5.41) is 14.3. The first-order valence-corrected chi connectivity index (χ1v) is 6.05. The van der Waals surface area contributed by atoms with Gasteiger partial charge in [0.1, 0.15) is 11.9 Å². The van der Waals surface area contributed by atoms with E-state index in [0.29, 0.717) is 13.0 Å². The lowest BCUT2D eigenvalue weighted by Gasteiger charge is -2.24. The number of amidine groups is 1. The van der Waals surface area contributed by atoms with Crippen molar-refractivity contribution >= 4 is 11.7 Å². The van der Waals surface area contributed by atoms with E-state index in [1.807, 2.05) is 6.92 Å². The number of nitrogens with zero attached hydrogens (tertiary/aromatic N) is 1. The molecule has 0 spiro atoms. The fraction of sp³-hybridized carbons (Fsp3) is 0.818. The predicted molar refractivity (Wildman–Crippen MR) is 63.8 cm³/mol. The molecule has 0 radical (unpaired) electrons. The van der Waals surface area contributed by atoms with E-state index in [2.05, 4.69) is 10.5 Å². The molecule has 1 aliphatic heterocycles. The summed E-state index contributed by atoms with van der Waals surface area (Å²) in [5.74, 6) is 0.0315. The van der Waals surface area contributed by atoms with E-state index in [1.165, 1.54) is 0 Å². The minimum absolute atomic E-state index is 0.0951. The number of carbonyl (C=O) groups is 1. The fourth-order valence-corrected chi connectivity index (χ4v) is 1.83. The van der Waals surface area contributed by atoms with E-state index in [0.717, 1.165) is 25.7 Å². The van der Waals surface area contributed by atoms with Crippen LogP contribution in [0.3, 0.4) is 0 Å². The number of carbonyl (C=O) groups excluding carboxylic acids is 1. The van der Waals surface area contributed by atoms with Gasteiger partial charge in [0.25, 0.3) is 0 Å². The molecule has 4 N–H and O–H groups in total. The van der Waals surface area contributed by atoms with Crippen molar-refractivity contribution in [1.29, 1.82) is 0 Å². The summed E-state index contributed by atoms with van der Waals surface area (Å²) in [7, 11) is 0. The van der Waals surface area contributed by atoms with Gasteiger partial charge in [-0.3, -0.25) is 4.79 Å². The third-order valence-corrected chi connectivity index (χ3v) is 2.90. The molecule has 0 aliphatic carbocycles. The Kier molecular flexibility index (Phi) is 5.76. The van der Waals surface area contributed by atoms with Gasteiger partial charge in [-0.1, -0.05) is 12.1 Å². The molecule has 2 atom stereocenters. The van der Waals surface area contributed by atoms with E-state index in [9.17, 15) is 4.79 Å². The van der Waals surface area contributed by atoms with E-state index < -0.39 is 0 Å². The Hall–Kier alpha value is -1.30. The Morgan fingerprint density at radius 1 is 1.65 bits per heavy atom. The summed E-state index contributed by atoms with van der Waals surface area (Å²) in [6.07, 6.45) is 3.55. The van der Waals surface area contributed by atoms with Gasteiger partial charge in [-0.25, -0.2) is 0 Å². The zero-order chi connectivity index (χ0) is 12.7. The van der Waals surface area contributed by atoms with Crippen molar-refractivity contribution in [2.24, 2.45) is 10.9 Å². The van der Waals surface area contributed by atoms with Gasteiger partial charge in [0.05, 0.1) is 0 Å². The summed E-state index contributed by atoms with van der Waals surface area (Å²) in [5.41, 5.74) is 5.42. The van der Waals surface area contributed by atoms with Crippen molar-refractivity contribution in [3.8, 4) is 0 Å². The maximum Gasteiger partial charge on any atom is 0.249 e. The lowest BCUT2D eigenvalue weighted by Crippen LogP contribution is -2.44. The SMILES string of the molecule is CCC(CC(N)=NO)NC(=O)C1CCCCO1. The zero-order valence-corrected chi connectivity index (χ0v) is 10.2. The maximum atomic E-state index is 11.9. The Balaban J connectivity index is 2.41. The van der Waals surface area contributed by atoms with Crippen LogP contribution in [0.4, 0.5) is 0 Å². The molecule has 0 saturated carbocycles. The van der Waals surface area contributed by atoms with Crippen LogP contribution in [0.15, 0.2) is 5.16 Å². The van der Waals surface area contributed by atoms with Crippen molar-refractivity contribution in [2.45, 2.75) is 51.2 Å². The summed E-state index contributed by atoms with van der Waals surface area (Å²) < 4.78 is 5.39. The molecule has 0 bridgehead atoms. The number of nitrogens with two attached hydrogens (primary N) is 1. The molecule has 0 aromatic heterocycles. The van der Waals surface area contributed by atoms with Crippen LogP contribution >= 0.6 is 0 Å². The topological polar surface area (TPSA) is 96.9 Å². The second-order valence-corrected chi connectivity index (χ2v) is 4.26. The standard InChI is InChI=1S/C11H21N3O3/c1-2-8(7-10(12)14-16)13-11(15)9-5-3-4-6-17-9/h8-9,16H,2-7H2,1H3,(H2,12,14)(H,13,15). The van der Waals surface area contributed by atoms with Gasteiger partial charge in [0, 0.05) is 19.1 Å². The average molecular weight is 243 g/mol. The minimum Gasteiger partial charge on any atom is -0.409 e. The highest BCUT2D eigenvalue weighted by atomic mass is 16.5. The molecular formula is C11H21N3O3. The second-order valence-electron chi connectivity index (χ2n) is 4.26. The van der Waals surface area contributed by atoms with Crippen molar-refractivity contribution in [1.82, 2.24) is 5.32 Å². The van der Waals surface area contributed by atoms with Gasteiger partial charge >= 0.3 is 0 Å². The Bertz CT molecular complexity index is 275. The van der Waals surface area contributed by atoms with Crippen LogP contribution in [-0.2, 0) is 9.53 Å². The molecule has 98 valence electrons. The number of rotatable bonds is 5. The third kappa shape index (κ3) is 4.60. The summed E-state index contributed by atoms with van der Waals surface area (Å²) in [6.45, 7) is 2.59. The molecular weight excluding hydrogens is 222 g/mol. The van der Waals surface area contributed by atoms with E-state index in [-0.39, 0.29) is 23.9 Å². The molecule has 0 aromatic rings. The van der Waals surface area contributed by atoms with Gasteiger partial charge < -0.3 is 21.0 Å². The predicted octanol–water partition coefficient (Wildman–Crippen LogP) is 0.587. The Labute approximate surface area is 101 Å². The number of hydrogen-bond donors (Lipinski definition) is 3. The fourth-order valence-electron chi connectivity index (χ4n) is 1.83. The highest BCUT2D eigenvalue weighted by molar-refractivity contribution is 5.83.